The molecular formula is C25H36Co2O3. The summed E-state index contributed by atoms with van der Waals surface area (Å²) in [5.74, 6) is 0.633. The molecule has 0 fully saturated rings. The van der Waals surface area contributed by atoms with Gasteiger partial charge in [-0.15, -0.1) is 0 Å². The molecule has 172 valence electrons. The first kappa shape index (κ1) is 25.1. The van der Waals surface area contributed by atoms with Crippen LogP contribution < -0.4 is 18.2 Å². The molecule has 0 aromatic heterocycles. The van der Waals surface area contributed by atoms with Crippen LogP contribution in [-0.2, 0) is 34.9 Å². The van der Waals surface area contributed by atoms with Gasteiger partial charge in [0.05, 0.1) is 0 Å². The van der Waals surface area contributed by atoms with Gasteiger partial charge in [0, 0.05) is 0 Å². The van der Waals surface area contributed by atoms with Crippen LogP contribution in [0.4, 0.5) is 0 Å². The van der Waals surface area contributed by atoms with E-state index < -0.39 is 27.2 Å². The van der Waals surface area contributed by atoms with Gasteiger partial charge < -0.3 is 0 Å². The molecule has 2 aromatic rings. The molecule has 0 aliphatic carbocycles. The maximum absolute atomic E-state index is 12.9. The van der Waals surface area contributed by atoms with E-state index >= 15 is 0 Å². The Bertz CT molecular complexity index is 787. The molecule has 0 heterocycles. The fourth-order valence-corrected chi connectivity index (χ4v) is 6.19. The molecule has 5 heteroatoms. The van der Waals surface area contributed by atoms with Gasteiger partial charge in [-0.25, -0.2) is 0 Å². The van der Waals surface area contributed by atoms with Crippen molar-refractivity contribution in [2.75, 3.05) is 7.11 Å². The van der Waals surface area contributed by atoms with Gasteiger partial charge >= 0.3 is 191 Å². The quantitative estimate of drug-likeness (QED) is 0.301. The topological polar surface area (TPSA) is 43.4 Å². The van der Waals surface area contributed by atoms with Crippen LogP contribution in [0.5, 0.6) is 5.75 Å². The van der Waals surface area contributed by atoms with E-state index in [0.29, 0.717) is 10.2 Å². The number of hydrogen-bond donors (Lipinski definition) is 0. The number of rotatable bonds is 15. The normalized spacial score (nSPS) is 11.9. The minimum absolute atomic E-state index is 0.633. The summed E-state index contributed by atoms with van der Waals surface area (Å²) in [4.78, 5) is 0. The molecule has 0 saturated heterocycles. The van der Waals surface area contributed by atoms with E-state index in [9.17, 15) is 7.73 Å². The number of para-hydroxylation sites is 1. The predicted octanol–water partition coefficient (Wildman–Crippen LogP) is 5.54. The number of unbranched alkanes of at least 4 members (excludes halogenated alkanes) is 9. The Balaban J connectivity index is 1.72. The number of methoxy groups -OCH3 is 1. The first-order valence-electron chi connectivity index (χ1n) is 11.0. The van der Waals surface area contributed by atoms with Crippen molar-refractivity contribution in [2.45, 2.75) is 76.5 Å². The summed E-state index contributed by atoms with van der Waals surface area (Å²) in [7, 11) is 1.59. The Hall–Kier alpha value is -1.15. The molecule has 0 amide bonds. The third-order valence-electron chi connectivity index (χ3n) is 4.99. The van der Waals surface area contributed by atoms with Gasteiger partial charge in [0.2, 0.25) is 0 Å². The maximum atomic E-state index is 12.9. The Morgan fingerprint density at radius 3 is 1.83 bits per heavy atom. The van der Waals surface area contributed by atoms with Gasteiger partial charge in [-0.3, -0.25) is 0 Å². The van der Waals surface area contributed by atoms with E-state index in [4.69, 9.17) is 4.74 Å². The average molecular weight is 502 g/mol. The summed E-state index contributed by atoms with van der Waals surface area (Å²) in [6, 6.07) is 14.8. The average Bonchev–Trinajstić information content (AvgIpc) is 2.79. The van der Waals surface area contributed by atoms with Gasteiger partial charge in [-0.2, -0.15) is 0 Å². The SMILES string of the molecule is CCCCCCCCCCC[CH2][Co](=[O])[c]1cc[c]([Co](=[O])[c]2ccccc2OC)cc1. The van der Waals surface area contributed by atoms with E-state index in [1.165, 1.54) is 51.4 Å². The second-order valence-electron chi connectivity index (χ2n) is 7.35. The van der Waals surface area contributed by atoms with Crippen molar-refractivity contribution in [1.29, 1.82) is 0 Å². The molecule has 0 spiro atoms. The molecule has 0 aliphatic rings. The van der Waals surface area contributed by atoms with E-state index in [1.54, 1.807) is 7.11 Å². The van der Waals surface area contributed by atoms with Crippen molar-refractivity contribution in [3.8, 4) is 5.75 Å². The molecular weight excluding hydrogens is 466 g/mol. The molecule has 0 N–H and O–H groups in total. The standard InChI is InChI=1S/C12H25.C7H7O.C6H4.2Co.2O/c1-3-5-7-9-11-12-10-8-6-4-2;1-8-7-5-3-2-4-6-7;1-2-4-6-5-3-1;;;;/h1,3-12H2,2H3;2-5H,1H3;1-2,5-6H;;;;. The molecule has 2 rings (SSSR count). The monoisotopic (exact) mass is 502 g/mol. The predicted molar refractivity (Wildman–Crippen MR) is 116 cm³/mol. The van der Waals surface area contributed by atoms with Crippen LogP contribution in [0.3, 0.4) is 0 Å². The van der Waals surface area contributed by atoms with Gasteiger partial charge in [-0.1, -0.05) is 0 Å². The Morgan fingerprint density at radius 1 is 0.700 bits per heavy atom. The van der Waals surface area contributed by atoms with Crippen molar-refractivity contribution >= 4 is 13.5 Å². The third-order valence-corrected chi connectivity index (χ3v) is 8.68. The van der Waals surface area contributed by atoms with Crippen LogP contribution in [0.1, 0.15) is 71.1 Å². The van der Waals surface area contributed by atoms with Crippen LogP contribution >= 0.6 is 0 Å². The van der Waals surface area contributed by atoms with Crippen molar-refractivity contribution in [1.82, 2.24) is 0 Å². The molecule has 2 aromatic carbocycles. The zero-order chi connectivity index (χ0) is 21.6. The molecule has 3 nitrogen and oxygen atoms in total. The van der Waals surface area contributed by atoms with Crippen molar-refractivity contribution in [2.24, 2.45) is 0 Å². The molecule has 0 saturated carbocycles. The van der Waals surface area contributed by atoms with Crippen LogP contribution in [0.2, 0.25) is 5.36 Å². The molecule has 30 heavy (non-hydrogen) atoms. The zero-order valence-electron chi connectivity index (χ0n) is 18.3. The molecule has 0 aliphatic heterocycles. The zero-order valence-corrected chi connectivity index (χ0v) is 20.4. The summed E-state index contributed by atoms with van der Waals surface area (Å²) >= 11 is -3.05. The summed E-state index contributed by atoms with van der Waals surface area (Å²) in [5, 5.41) is 0.737. The van der Waals surface area contributed by atoms with Crippen molar-refractivity contribution in [3.05, 3.63) is 48.5 Å². The van der Waals surface area contributed by atoms with Crippen LogP contribution in [0, 0.1) is 0 Å². The van der Waals surface area contributed by atoms with Gasteiger partial charge in [-0.05, 0) is 0 Å². The van der Waals surface area contributed by atoms with Crippen LogP contribution in [0.15, 0.2) is 48.5 Å². The van der Waals surface area contributed by atoms with Crippen molar-refractivity contribution < 1.29 is 39.6 Å². The van der Waals surface area contributed by atoms with Crippen LogP contribution in [-0.4, -0.2) is 7.11 Å². The van der Waals surface area contributed by atoms with Crippen LogP contribution in [0.25, 0.3) is 0 Å². The van der Waals surface area contributed by atoms with Gasteiger partial charge in [0.1, 0.15) is 0 Å². The van der Waals surface area contributed by atoms with Crippen molar-refractivity contribution in [3.63, 3.8) is 0 Å². The number of hydrogen-bond acceptors (Lipinski definition) is 3. The summed E-state index contributed by atoms with van der Waals surface area (Å²) in [6.45, 7) is 2.25. The van der Waals surface area contributed by atoms with Gasteiger partial charge in [0.15, 0.2) is 0 Å². The summed E-state index contributed by atoms with van der Waals surface area (Å²) < 4.78 is 33.1. The van der Waals surface area contributed by atoms with E-state index in [-0.39, 0.29) is 0 Å². The summed E-state index contributed by atoms with van der Waals surface area (Å²) in [5.41, 5.74) is 0. The number of ether oxygens (including phenoxy) is 1. The molecule has 0 atom stereocenters. The number of benzene rings is 2. The second kappa shape index (κ2) is 14.8. The Kier molecular flexibility index (Phi) is 12.4. The molecule has 0 radical (unpaired) electrons. The second-order valence-corrected chi connectivity index (χ2v) is 11.2. The Labute approximate surface area is 190 Å². The molecule has 0 bridgehead atoms. The van der Waals surface area contributed by atoms with E-state index in [1.807, 2.05) is 48.5 Å². The first-order chi connectivity index (χ1) is 14.7. The fourth-order valence-electron chi connectivity index (χ4n) is 3.24. The van der Waals surface area contributed by atoms with E-state index in [0.717, 1.165) is 27.2 Å². The Morgan fingerprint density at radius 2 is 1.23 bits per heavy atom. The summed E-state index contributed by atoms with van der Waals surface area (Å²) in [6.07, 6.45) is 12.8. The minimum atomic E-state index is -1.70. The molecule has 0 unspecified atom stereocenters. The first-order valence-corrected chi connectivity index (χ1v) is 14.1. The van der Waals surface area contributed by atoms with E-state index in [2.05, 4.69) is 6.92 Å². The third kappa shape index (κ3) is 8.54. The fraction of sp³-hybridized carbons (Fsp3) is 0.520. The van der Waals surface area contributed by atoms with Gasteiger partial charge in [0.25, 0.3) is 0 Å².